The number of thiazole rings is 1. The summed E-state index contributed by atoms with van der Waals surface area (Å²) in [6, 6.07) is 7.02. The molecule has 0 spiro atoms. The maximum Gasteiger partial charge on any atom is 0.226 e. The number of carbonyl (C=O) groups is 2. The van der Waals surface area contributed by atoms with Crippen LogP contribution in [0.1, 0.15) is 23.7 Å². The first-order valence-corrected chi connectivity index (χ1v) is 8.54. The summed E-state index contributed by atoms with van der Waals surface area (Å²) in [5.74, 6) is -0.603. The highest BCUT2D eigenvalue weighted by atomic mass is 35.5. The highest BCUT2D eigenvalue weighted by Crippen LogP contribution is 2.37. The lowest BCUT2D eigenvalue weighted by atomic mass is 9.93. The minimum Gasteiger partial charge on any atom is -0.350 e. The topological polar surface area (TPSA) is 62.3 Å². The molecule has 0 bridgehead atoms. The first-order chi connectivity index (χ1) is 11.1. The van der Waals surface area contributed by atoms with Gasteiger partial charge in [0.05, 0.1) is 29.7 Å². The van der Waals surface area contributed by atoms with E-state index in [1.165, 1.54) is 11.3 Å². The average molecular weight is 350 g/mol. The molecule has 5 nitrogen and oxygen atoms in total. The van der Waals surface area contributed by atoms with Crippen LogP contribution in [0, 0.1) is 5.92 Å². The fourth-order valence-electron chi connectivity index (χ4n) is 2.88. The number of aromatic nitrogens is 1. The predicted octanol–water partition coefficient (Wildman–Crippen LogP) is 2.63. The van der Waals surface area contributed by atoms with Crippen molar-refractivity contribution in [1.29, 1.82) is 0 Å². The number of nitrogens with zero attached hydrogens (tertiary/aromatic N) is 2. The van der Waals surface area contributed by atoms with Gasteiger partial charge in [0.2, 0.25) is 11.8 Å². The van der Waals surface area contributed by atoms with Gasteiger partial charge in [-0.3, -0.25) is 9.59 Å². The summed E-state index contributed by atoms with van der Waals surface area (Å²) >= 11 is 7.54. The molecule has 2 heterocycles. The maximum atomic E-state index is 12.6. The highest BCUT2D eigenvalue weighted by Gasteiger charge is 2.42. The normalized spacial score (nSPS) is 20.8. The molecule has 1 aliphatic heterocycles. The summed E-state index contributed by atoms with van der Waals surface area (Å²) in [6.07, 6.45) is 0.205. The molecule has 120 valence electrons. The molecule has 0 unspecified atom stereocenters. The monoisotopic (exact) mass is 349 g/mol. The van der Waals surface area contributed by atoms with E-state index in [1.54, 1.807) is 23.5 Å². The van der Waals surface area contributed by atoms with Crippen LogP contribution in [0.3, 0.4) is 0 Å². The Labute approximate surface area is 143 Å². The molecule has 1 aromatic carbocycles. The zero-order valence-corrected chi connectivity index (χ0v) is 14.1. The van der Waals surface area contributed by atoms with E-state index < -0.39 is 5.92 Å². The zero-order valence-electron chi connectivity index (χ0n) is 12.5. The number of hydrogen-bond donors (Lipinski definition) is 1. The Kier molecular flexibility index (Phi) is 4.63. The first-order valence-electron chi connectivity index (χ1n) is 7.22. The molecule has 1 fully saturated rings. The van der Waals surface area contributed by atoms with Crippen molar-refractivity contribution in [2.75, 3.05) is 7.05 Å². The minimum atomic E-state index is -0.426. The molecule has 0 saturated carbocycles. The molecule has 3 rings (SSSR count). The number of rotatable bonds is 4. The van der Waals surface area contributed by atoms with Crippen LogP contribution in [-0.4, -0.2) is 28.7 Å². The molecule has 2 aromatic rings. The van der Waals surface area contributed by atoms with Crippen LogP contribution in [0.15, 0.2) is 35.2 Å². The minimum absolute atomic E-state index is 0.0382. The van der Waals surface area contributed by atoms with Crippen LogP contribution >= 0.6 is 22.9 Å². The number of carbonyl (C=O) groups excluding carboxylic acids is 2. The summed E-state index contributed by atoms with van der Waals surface area (Å²) in [5.41, 5.74) is 3.42. The van der Waals surface area contributed by atoms with Crippen LogP contribution in [0.5, 0.6) is 0 Å². The molecule has 1 saturated heterocycles. The fraction of sp³-hybridized carbons (Fsp3) is 0.312. The van der Waals surface area contributed by atoms with Crippen LogP contribution < -0.4 is 5.32 Å². The van der Waals surface area contributed by atoms with Gasteiger partial charge in [-0.1, -0.05) is 23.7 Å². The van der Waals surface area contributed by atoms with Crippen molar-refractivity contribution in [2.45, 2.75) is 19.0 Å². The van der Waals surface area contributed by atoms with Gasteiger partial charge in [0.15, 0.2) is 0 Å². The Morgan fingerprint density at radius 1 is 1.52 bits per heavy atom. The van der Waals surface area contributed by atoms with E-state index in [0.717, 1.165) is 11.3 Å². The summed E-state index contributed by atoms with van der Waals surface area (Å²) in [6.45, 7) is 0.374. The lowest BCUT2D eigenvalue weighted by Crippen LogP contribution is -2.34. The molecular formula is C16H16ClN3O2S. The number of amides is 2. The average Bonchev–Trinajstić information content (AvgIpc) is 3.14. The number of hydrogen-bond acceptors (Lipinski definition) is 4. The van der Waals surface area contributed by atoms with Gasteiger partial charge in [-0.15, -0.1) is 11.3 Å². The van der Waals surface area contributed by atoms with E-state index in [2.05, 4.69) is 10.3 Å². The molecule has 2 atom stereocenters. The van der Waals surface area contributed by atoms with Crippen LogP contribution in [0.2, 0.25) is 5.02 Å². The lowest BCUT2D eigenvalue weighted by Gasteiger charge is -2.25. The van der Waals surface area contributed by atoms with Crippen molar-refractivity contribution >= 4 is 34.8 Å². The van der Waals surface area contributed by atoms with Crippen LogP contribution in [-0.2, 0) is 16.1 Å². The van der Waals surface area contributed by atoms with E-state index in [9.17, 15) is 9.59 Å². The van der Waals surface area contributed by atoms with Gasteiger partial charge in [0, 0.05) is 23.9 Å². The maximum absolute atomic E-state index is 12.6. The van der Waals surface area contributed by atoms with Gasteiger partial charge in [-0.2, -0.15) is 0 Å². The molecule has 0 radical (unpaired) electrons. The number of nitrogens with one attached hydrogen (secondary N) is 1. The molecule has 2 amide bonds. The Hall–Kier alpha value is -1.92. The third kappa shape index (κ3) is 3.38. The van der Waals surface area contributed by atoms with Crippen molar-refractivity contribution in [2.24, 2.45) is 5.92 Å². The quantitative estimate of drug-likeness (QED) is 0.923. The third-order valence-corrected chi connectivity index (χ3v) is 4.91. The largest absolute Gasteiger partial charge is 0.350 e. The third-order valence-electron chi connectivity index (χ3n) is 4.04. The second-order valence-corrected chi connectivity index (χ2v) is 6.67. The van der Waals surface area contributed by atoms with Gasteiger partial charge in [-0.05, 0) is 17.7 Å². The summed E-state index contributed by atoms with van der Waals surface area (Å²) in [7, 11) is 1.72. The molecule has 1 N–H and O–H groups in total. The smallest absolute Gasteiger partial charge is 0.226 e. The van der Waals surface area contributed by atoms with Gasteiger partial charge in [-0.25, -0.2) is 4.98 Å². The van der Waals surface area contributed by atoms with Gasteiger partial charge < -0.3 is 10.2 Å². The zero-order chi connectivity index (χ0) is 16.4. The number of benzene rings is 1. The summed E-state index contributed by atoms with van der Waals surface area (Å²) in [5, 5.41) is 5.36. The molecule has 0 aliphatic carbocycles. The molecule has 1 aliphatic rings. The first kappa shape index (κ1) is 16.0. The van der Waals surface area contributed by atoms with Crippen molar-refractivity contribution < 1.29 is 9.59 Å². The van der Waals surface area contributed by atoms with E-state index in [-0.39, 0.29) is 24.3 Å². The van der Waals surface area contributed by atoms with E-state index in [0.29, 0.717) is 11.6 Å². The summed E-state index contributed by atoms with van der Waals surface area (Å²) < 4.78 is 0. The Bertz CT molecular complexity index is 720. The molecule has 1 aromatic heterocycles. The second-order valence-electron chi connectivity index (χ2n) is 5.51. The van der Waals surface area contributed by atoms with E-state index >= 15 is 0 Å². The lowest BCUT2D eigenvalue weighted by molar-refractivity contribution is -0.128. The summed E-state index contributed by atoms with van der Waals surface area (Å²) in [4.78, 5) is 30.4. The van der Waals surface area contributed by atoms with Crippen LogP contribution in [0.4, 0.5) is 0 Å². The van der Waals surface area contributed by atoms with E-state index in [1.807, 2.05) is 23.6 Å². The van der Waals surface area contributed by atoms with Gasteiger partial charge >= 0.3 is 0 Å². The van der Waals surface area contributed by atoms with Crippen molar-refractivity contribution in [3.63, 3.8) is 0 Å². The van der Waals surface area contributed by atoms with Gasteiger partial charge in [0.25, 0.3) is 0 Å². The van der Waals surface area contributed by atoms with Crippen molar-refractivity contribution in [3.05, 3.63) is 51.4 Å². The Morgan fingerprint density at radius 2 is 2.35 bits per heavy atom. The molecular weight excluding hydrogens is 334 g/mol. The van der Waals surface area contributed by atoms with Crippen molar-refractivity contribution in [3.8, 4) is 0 Å². The molecule has 23 heavy (non-hydrogen) atoms. The fourth-order valence-corrected chi connectivity index (χ4v) is 3.64. The van der Waals surface area contributed by atoms with Crippen molar-refractivity contribution in [1.82, 2.24) is 15.2 Å². The second kappa shape index (κ2) is 6.68. The SMILES string of the molecule is CN1C(=O)C[C@@H](C(=O)NCc2cscn2)[C@@H]1c1cccc(Cl)c1. The van der Waals surface area contributed by atoms with Gasteiger partial charge in [0.1, 0.15) is 0 Å². The molecule has 7 heteroatoms. The standard InChI is InChI=1S/C16H16ClN3O2S/c1-20-14(21)6-13(15(20)10-3-2-4-11(17)5-10)16(22)18-7-12-8-23-9-19-12/h2-5,8-9,13,15H,6-7H2,1H3,(H,18,22)/t13-,15+/m1/s1. The van der Waals surface area contributed by atoms with E-state index in [4.69, 9.17) is 11.6 Å². The Morgan fingerprint density at radius 3 is 3.04 bits per heavy atom. The Balaban J connectivity index is 1.78. The van der Waals surface area contributed by atoms with Crippen LogP contribution in [0.25, 0.3) is 0 Å². The predicted molar refractivity (Wildman–Crippen MR) is 89.0 cm³/mol. The number of likely N-dealkylation sites (tertiary alicyclic amines) is 1. The highest BCUT2D eigenvalue weighted by molar-refractivity contribution is 7.07. The number of halogens is 1.